The van der Waals surface area contributed by atoms with Gasteiger partial charge in [0.2, 0.25) is 5.78 Å². The van der Waals surface area contributed by atoms with Crippen molar-refractivity contribution in [2.45, 2.75) is 25.9 Å². The highest BCUT2D eigenvalue weighted by Crippen LogP contribution is 2.45. The summed E-state index contributed by atoms with van der Waals surface area (Å²) in [6.45, 7) is 2.54. The van der Waals surface area contributed by atoms with E-state index in [4.69, 9.17) is 4.74 Å². The third-order valence-corrected chi connectivity index (χ3v) is 3.15. The highest BCUT2D eigenvalue weighted by Gasteiger charge is 2.59. The molecule has 142 valence electrons. The van der Waals surface area contributed by atoms with Gasteiger partial charge in [-0.05, 0) is 19.9 Å². The predicted molar refractivity (Wildman–Crippen MR) is 77.8 cm³/mol. The van der Waals surface area contributed by atoms with Crippen LogP contribution >= 0.6 is 0 Å². The summed E-state index contributed by atoms with van der Waals surface area (Å²) in [6.07, 6.45) is -5.24. The molecule has 0 atom stereocenters. The second-order valence-corrected chi connectivity index (χ2v) is 4.93. The molecule has 0 bridgehead atoms. The van der Waals surface area contributed by atoms with Crippen molar-refractivity contribution in [2.75, 3.05) is 6.61 Å². The number of nitrogens with zero attached hydrogens (tertiary/aromatic N) is 1. The molecular formula is C15H12F5NO5. The van der Waals surface area contributed by atoms with Gasteiger partial charge in [0.25, 0.3) is 5.69 Å². The number of ketones is 2. The van der Waals surface area contributed by atoms with Gasteiger partial charge in [-0.3, -0.25) is 19.7 Å². The number of alkyl halides is 5. The Labute approximate surface area is 143 Å². The van der Waals surface area contributed by atoms with Gasteiger partial charge in [-0.2, -0.15) is 22.0 Å². The van der Waals surface area contributed by atoms with E-state index in [1.54, 1.807) is 0 Å². The third-order valence-electron chi connectivity index (χ3n) is 3.15. The van der Waals surface area contributed by atoms with Gasteiger partial charge in [0, 0.05) is 11.6 Å². The molecule has 0 heterocycles. The number of nitro groups is 1. The maximum atomic E-state index is 13.4. The molecule has 0 N–H and O–H groups in total. The molecule has 0 saturated heterocycles. The fraction of sp³-hybridized carbons (Fsp3) is 0.333. The van der Waals surface area contributed by atoms with Crippen molar-refractivity contribution < 1.29 is 41.2 Å². The molecule has 6 nitrogen and oxygen atoms in total. The van der Waals surface area contributed by atoms with Crippen molar-refractivity contribution in [3.63, 3.8) is 0 Å². The quantitative estimate of drug-likeness (QED) is 0.104. The van der Waals surface area contributed by atoms with E-state index in [-0.39, 0.29) is 18.7 Å². The molecule has 0 unspecified atom stereocenters. The van der Waals surface area contributed by atoms with Gasteiger partial charge in [-0.25, -0.2) is 0 Å². The first-order chi connectivity index (χ1) is 11.8. The average molecular weight is 381 g/mol. The number of carbonyl (C=O) groups is 2. The third kappa shape index (κ3) is 4.21. The molecule has 11 heteroatoms. The zero-order valence-corrected chi connectivity index (χ0v) is 13.4. The zero-order valence-electron chi connectivity index (χ0n) is 13.4. The van der Waals surface area contributed by atoms with E-state index in [2.05, 4.69) is 0 Å². The van der Waals surface area contributed by atoms with Crippen LogP contribution in [0.25, 0.3) is 0 Å². The molecule has 26 heavy (non-hydrogen) atoms. The van der Waals surface area contributed by atoms with Crippen LogP contribution in [0.1, 0.15) is 29.8 Å². The lowest BCUT2D eigenvalue weighted by Crippen LogP contribution is -2.33. The van der Waals surface area contributed by atoms with E-state index in [9.17, 15) is 41.7 Å². The van der Waals surface area contributed by atoms with Crippen LogP contribution in [0.15, 0.2) is 30.0 Å². The van der Waals surface area contributed by atoms with Gasteiger partial charge in [0.1, 0.15) is 5.56 Å². The molecule has 0 radical (unpaired) electrons. The minimum absolute atomic E-state index is 0.0425. The first kappa shape index (κ1) is 21.2. The first-order valence-electron chi connectivity index (χ1n) is 6.95. The highest BCUT2D eigenvalue weighted by atomic mass is 19.4. The number of benzene rings is 1. The average Bonchev–Trinajstić information content (AvgIpc) is 2.52. The Morgan fingerprint density at radius 1 is 1.23 bits per heavy atom. The van der Waals surface area contributed by atoms with Crippen LogP contribution < -0.4 is 0 Å². The summed E-state index contributed by atoms with van der Waals surface area (Å²) < 4.78 is 68.8. The van der Waals surface area contributed by atoms with E-state index < -0.39 is 51.0 Å². The number of carbonyl (C=O) groups excluding carboxylic acids is 2. The number of hydrogen-bond acceptors (Lipinski definition) is 5. The minimum atomic E-state index is -5.98. The predicted octanol–water partition coefficient (Wildman–Crippen LogP) is 3.94. The molecule has 0 aromatic heterocycles. The number of allylic oxidation sites excluding steroid dienone is 1. The Bertz CT molecular complexity index is 770. The largest absolute Gasteiger partial charge is 0.501 e. The number of halogens is 5. The standard InChI is InChI=1S/C15H12F5NO5/c1-3-26-7-11(8(2)22)13(23)10-5-4-9(6-12(10)21(24)25)14(16,17)15(18,19)20/h4-7H,3H2,1-2H3/b11-7-. The summed E-state index contributed by atoms with van der Waals surface area (Å²) >= 11 is 0. The molecule has 0 spiro atoms. The van der Waals surface area contributed by atoms with Crippen molar-refractivity contribution in [2.24, 2.45) is 0 Å². The van der Waals surface area contributed by atoms with Crippen LogP contribution in [-0.4, -0.2) is 29.3 Å². The second kappa shape index (κ2) is 7.58. The monoisotopic (exact) mass is 381 g/mol. The maximum Gasteiger partial charge on any atom is 0.458 e. The van der Waals surface area contributed by atoms with Gasteiger partial charge in [0.15, 0.2) is 5.78 Å². The zero-order chi connectivity index (χ0) is 20.3. The van der Waals surface area contributed by atoms with Crippen LogP contribution in [0, 0.1) is 10.1 Å². The normalized spacial score (nSPS) is 12.7. The lowest BCUT2D eigenvalue weighted by molar-refractivity contribution is -0.385. The molecule has 0 saturated carbocycles. The Morgan fingerprint density at radius 2 is 1.81 bits per heavy atom. The number of nitro benzene ring substituents is 1. The summed E-state index contributed by atoms with van der Waals surface area (Å²) in [4.78, 5) is 33.6. The van der Waals surface area contributed by atoms with Gasteiger partial charge in [-0.1, -0.05) is 6.07 Å². The van der Waals surface area contributed by atoms with Crippen LogP contribution in [0.4, 0.5) is 27.6 Å². The maximum absolute atomic E-state index is 13.4. The first-order valence-corrected chi connectivity index (χ1v) is 6.95. The van der Waals surface area contributed by atoms with Crippen molar-refractivity contribution >= 4 is 17.3 Å². The fourth-order valence-electron chi connectivity index (χ4n) is 1.84. The SMILES string of the molecule is CCO/C=C(/C(C)=O)C(=O)c1ccc(C(F)(F)C(F)(F)F)cc1[N+](=O)[O-]. The smallest absolute Gasteiger partial charge is 0.458 e. The molecule has 0 aliphatic rings. The molecule has 0 fully saturated rings. The van der Waals surface area contributed by atoms with Gasteiger partial charge in [-0.15, -0.1) is 0 Å². The summed E-state index contributed by atoms with van der Waals surface area (Å²) in [7, 11) is 0. The van der Waals surface area contributed by atoms with Gasteiger partial charge >= 0.3 is 12.1 Å². The summed E-state index contributed by atoms with van der Waals surface area (Å²) in [5.74, 6) is -7.42. The lowest BCUT2D eigenvalue weighted by atomic mass is 9.97. The molecule has 1 rings (SSSR count). The van der Waals surface area contributed by atoms with E-state index >= 15 is 0 Å². The molecule has 0 aliphatic carbocycles. The molecular weight excluding hydrogens is 369 g/mol. The van der Waals surface area contributed by atoms with Crippen LogP contribution in [0.5, 0.6) is 0 Å². The minimum Gasteiger partial charge on any atom is -0.501 e. The number of Topliss-reactive ketones (excluding diaryl/α,β-unsaturated/α-hetero) is 2. The van der Waals surface area contributed by atoms with Crippen molar-refractivity contribution in [1.82, 2.24) is 0 Å². The van der Waals surface area contributed by atoms with Gasteiger partial charge in [0.05, 0.1) is 23.4 Å². The van der Waals surface area contributed by atoms with Crippen molar-refractivity contribution in [3.8, 4) is 0 Å². The van der Waals surface area contributed by atoms with Crippen molar-refractivity contribution in [1.29, 1.82) is 0 Å². The number of ether oxygens (including phenoxy) is 1. The van der Waals surface area contributed by atoms with Crippen molar-refractivity contribution in [3.05, 3.63) is 51.3 Å². The van der Waals surface area contributed by atoms with E-state index in [0.717, 1.165) is 13.2 Å². The Kier molecular flexibility index (Phi) is 6.18. The molecule has 1 aromatic rings. The highest BCUT2D eigenvalue weighted by molar-refractivity contribution is 6.26. The molecule has 0 amide bonds. The topological polar surface area (TPSA) is 86.5 Å². The second-order valence-electron chi connectivity index (χ2n) is 4.93. The Balaban J connectivity index is 3.53. The summed E-state index contributed by atoms with van der Waals surface area (Å²) in [6, 6.07) is 0.642. The van der Waals surface area contributed by atoms with E-state index in [0.29, 0.717) is 6.07 Å². The van der Waals surface area contributed by atoms with Crippen LogP contribution in [0.2, 0.25) is 0 Å². The fourth-order valence-corrected chi connectivity index (χ4v) is 1.84. The number of hydrogen-bond donors (Lipinski definition) is 0. The molecule has 0 aliphatic heterocycles. The Morgan fingerprint density at radius 3 is 2.23 bits per heavy atom. The van der Waals surface area contributed by atoms with Gasteiger partial charge < -0.3 is 4.74 Å². The lowest BCUT2D eigenvalue weighted by Gasteiger charge is -2.20. The van der Waals surface area contributed by atoms with E-state index in [1.807, 2.05) is 0 Å². The number of rotatable bonds is 7. The Hall–Kier alpha value is -2.85. The summed E-state index contributed by atoms with van der Waals surface area (Å²) in [5.41, 5.74) is -4.44. The molecule has 1 aromatic carbocycles. The van der Waals surface area contributed by atoms with Crippen LogP contribution in [0.3, 0.4) is 0 Å². The van der Waals surface area contributed by atoms with Crippen LogP contribution in [-0.2, 0) is 15.5 Å². The summed E-state index contributed by atoms with van der Waals surface area (Å²) in [5, 5.41) is 11.1. The van der Waals surface area contributed by atoms with E-state index in [1.165, 1.54) is 6.92 Å².